The molecule has 0 saturated heterocycles. The summed E-state index contributed by atoms with van der Waals surface area (Å²) >= 11 is 3.65. The summed E-state index contributed by atoms with van der Waals surface area (Å²) in [6, 6.07) is 8.66. The summed E-state index contributed by atoms with van der Waals surface area (Å²) in [5.74, 6) is 0. The summed E-state index contributed by atoms with van der Waals surface area (Å²) in [7, 11) is 0. The van der Waals surface area contributed by atoms with Gasteiger partial charge in [-0.15, -0.1) is 22.7 Å². The zero-order valence-electron chi connectivity index (χ0n) is 10.3. The second-order valence-corrected chi connectivity index (χ2v) is 6.54. The van der Waals surface area contributed by atoms with Crippen LogP contribution < -0.4 is 0 Å². The summed E-state index contributed by atoms with van der Waals surface area (Å²) in [4.78, 5) is 2.76. The lowest BCUT2D eigenvalue weighted by atomic mass is 9.88. The summed E-state index contributed by atoms with van der Waals surface area (Å²) in [6.45, 7) is 0. The highest BCUT2D eigenvalue weighted by atomic mass is 32.1. The predicted octanol–water partition coefficient (Wildman–Crippen LogP) is 5.85. The van der Waals surface area contributed by atoms with Crippen LogP contribution in [0.4, 0.5) is 0 Å². The Kier molecular flexibility index (Phi) is 3.77. The third kappa shape index (κ3) is 2.82. The normalized spacial score (nSPS) is 20.7. The molecular weight excluding hydrogens is 256 g/mol. The van der Waals surface area contributed by atoms with E-state index in [9.17, 15) is 0 Å². The van der Waals surface area contributed by atoms with Crippen molar-refractivity contribution < 1.29 is 0 Å². The van der Waals surface area contributed by atoms with Crippen LogP contribution in [0.1, 0.15) is 35.4 Å². The topological polar surface area (TPSA) is 0 Å². The van der Waals surface area contributed by atoms with E-state index in [1.807, 2.05) is 22.7 Å². The van der Waals surface area contributed by atoms with Gasteiger partial charge in [0.15, 0.2) is 0 Å². The van der Waals surface area contributed by atoms with Crippen LogP contribution in [0.3, 0.4) is 0 Å². The maximum Gasteiger partial charge on any atom is 0.0273 e. The van der Waals surface area contributed by atoms with Crippen LogP contribution in [0.2, 0.25) is 0 Å². The molecular formula is C16H16S2. The fourth-order valence-electron chi connectivity index (χ4n) is 2.37. The van der Waals surface area contributed by atoms with Gasteiger partial charge in [0.25, 0.3) is 0 Å². The molecule has 2 aromatic rings. The Hall–Kier alpha value is -1.12. The average Bonchev–Trinajstić information content (AvgIpc) is 3.05. The van der Waals surface area contributed by atoms with Crippen molar-refractivity contribution in [2.24, 2.45) is 0 Å². The van der Waals surface area contributed by atoms with Crippen molar-refractivity contribution >= 4 is 34.8 Å². The molecule has 0 spiro atoms. The molecule has 1 aliphatic carbocycles. The lowest BCUT2D eigenvalue weighted by Gasteiger charge is -2.18. The fraction of sp³-hybridized carbons (Fsp3) is 0.250. The van der Waals surface area contributed by atoms with E-state index >= 15 is 0 Å². The highest BCUT2D eigenvalue weighted by Gasteiger charge is 2.12. The van der Waals surface area contributed by atoms with Crippen LogP contribution in [0.15, 0.2) is 46.2 Å². The van der Waals surface area contributed by atoms with Crippen LogP contribution in [0.25, 0.3) is 12.2 Å². The van der Waals surface area contributed by atoms with Gasteiger partial charge in [0.2, 0.25) is 0 Å². The monoisotopic (exact) mass is 272 g/mol. The van der Waals surface area contributed by atoms with E-state index < -0.39 is 0 Å². The van der Waals surface area contributed by atoms with Crippen LogP contribution in [0.5, 0.6) is 0 Å². The molecule has 0 radical (unpaired) electrons. The molecule has 0 amide bonds. The quantitative estimate of drug-likeness (QED) is 0.643. The zero-order chi connectivity index (χ0) is 12.2. The second kappa shape index (κ2) is 5.68. The molecule has 2 heteroatoms. The maximum atomic E-state index is 2.38. The number of hydrogen-bond donors (Lipinski definition) is 0. The Balaban J connectivity index is 1.91. The Labute approximate surface area is 116 Å². The van der Waals surface area contributed by atoms with E-state index in [4.69, 9.17) is 0 Å². The first kappa shape index (κ1) is 11.9. The highest BCUT2D eigenvalue weighted by molar-refractivity contribution is 7.11. The molecule has 0 aliphatic heterocycles. The molecule has 0 N–H and O–H groups in total. The van der Waals surface area contributed by atoms with Crippen molar-refractivity contribution in [2.45, 2.75) is 25.7 Å². The van der Waals surface area contributed by atoms with Gasteiger partial charge in [-0.3, -0.25) is 0 Å². The summed E-state index contributed by atoms with van der Waals surface area (Å²) in [5, 5.41) is 4.30. The minimum atomic E-state index is 1.23. The van der Waals surface area contributed by atoms with Gasteiger partial charge in [0, 0.05) is 9.75 Å². The van der Waals surface area contributed by atoms with Gasteiger partial charge in [-0.2, -0.15) is 0 Å². The molecule has 0 bridgehead atoms. The van der Waals surface area contributed by atoms with Crippen molar-refractivity contribution in [3.63, 3.8) is 0 Å². The van der Waals surface area contributed by atoms with Crippen LogP contribution >= 0.6 is 22.7 Å². The first-order valence-corrected chi connectivity index (χ1v) is 8.16. The minimum Gasteiger partial charge on any atom is -0.144 e. The van der Waals surface area contributed by atoms with E-state index in [2.05, 4.69) is 47.2 Å². The van der Waals surface area contributed by atoms with Gasteiger partial charge in [-0.1, -0.05) is 12.1 Å². The summed E-state index contributed by atoms with van der Waals surface area (Å²) in [5.41, 5.74) is 3.08. The van der Waals surface area contributed by atoms with Crippen molar-refractivity contribution in [2.75, 3.05) is 0 Å². The van der Waals surface area contributed by atoms with Gasteiger partial charge in [-0.05, 0) is 71.9 Å². The number of rotatable bonds is 2. The van der Waals surface area contributed by atoms with Gasteiger partial charge >= 0.3 is 0 Å². The highest BCUT2D eigenvalue weighted by Crippen LogP contribution is 2.33. The Morgan fingerprint density at radius 1 is 0.778 bits per heavy atom. The average molecular weight is 272 g/mol. The lowest BCUT2D eigenvalue weighted by molar-refractivity contribution is 0.685. The van der Waals surface area contributed by atoms with Gasteiger partial charge < -0.3 is 0 Å². The zero-order valence-corrected chi connectivity index (χ0v) is 11.9. The first-order valence-electron chi connectivity index (χ1n) is 6.40. The predicted molar refractivity (Wildman–Crippen MR) is 83.1 cm³/mol. The maximum absolute atomic E-state index is 2.38. The molecule has 1 saturated carbocycles. The van der Waals surface area contributed by atoms with Gasteiger partial charge in [0.05, 0.1) is 0 Å². The fourth-order valence-corrected chi connectivity index (χ4v) is 3.74. The summed E-state index contributed by atoms with van der Waals surface area (Å²) < 4.78 is 0. The SMILES string of the molecule is C(=C1CCCCC1=Cc1cccs1)c1cccs1. The largest absolute Gasteiger partial charge is 0.144 e. The molecule has 3 rings (SSSR count). The minimum absolute atomic E-state index is 1.23. The Morgan fingerprint density at radius 2 is 1.28 bits per heavy atom. The third-order valence-corrected chi connectivity index (χ3v) is 4.91. The van der Waals surface area contributed by atoms with Crippen molar-refractivity contribution in [3.05, 3.63) is 55.9 Å². The van der Waals surface area contributed by atoms with Crippen LogP contribution in [0, 0.1) is 0 Å². The molecule has 0 atom stereocenters. The van der Waals surface area contributed by atoms with E-state index in [-0.39, 0.29) is 0 Å². The molecule has 1 aliphatic rings. The molecule has 1 fully saturated rings. The van der Waals surface area contributed by atoms with Crippen molar-refractivity contribution in [1.29, 1.82) is 0 Å². The van der Waals surface area contributed by atoms with Gasteiger partial charge in [0.1, 0.15) is 0 Å². The molecule has 0 unspecified atom stereocenters. The van der Waals surface area contributed by atoms with E-state index in [0.717, 1.165) is 0 Å². The molecule has 2 aromatic heterocycles. The van der Waals surface area contributed by atoms with Crippen LogP contribution in [-0.4, -0.2) is 0 Å². The number of thiophene rings is 2. The van der Waals surface area contributed by atoms with E-state index in [1.54, 1.807) is 0 Å². The van der Waals surface area contributed by atoms with Crippen molar-refractivity contribution in [3.8, 4) is 0 Å². The molecule has 0 aromatic carbocycles. The Bertz CT molecular complexity index is 490. The summed E-state index contributed by atoms with van der Waals surface area (Å²) in [6.07, 6.45) is 9.88. The number of allylic oxidation sites excluding steroid dienone is 2. The molecule has 18 heavy (non-hydrogen) atoms. The molecule has 2 heterocycles. The molecule has 0 nitrogen and oxygen atoms in total. The second-order valence-electron chi connectivity index (χ2n) is 4.58. The van der Waals surface area contributed by atoms with E-state index in [0.29, 0.717) is 0 Å². The van der Waals surface area contributed by atoms with Crippen molar-refractivity contribution in [1.82, 2.24) is 0 Å². The van der Waals surface area contributed by atoms with E-state index in [1.165, 1.54) is 46.6 Å². The number of hydrogen-bond acceptors (Lipinski definition) is 2. The third-order valence-electron chi connectivity index (χ3n) is 3.27. The standard InChI is InChI=1S/C16H16S2/c1-2-6-14(12-16-8-4-10-18-16)13(5-1)11-15-7-3-9-17-15/h3-4,7-12H,1-2,5-6H2. The lowest BCUT2D eigenvalue weighted by Crippen LogP contribution is -1.98. The first-order chi connectivity index (χ1) is 8.92. The Morgan fingerprint density at radius 3 is 1.67 bits per heavy atom. The van der Waals surface area contributed by atoms with Gasteiger partial charge in [-0.25, -0.2) is 0 Å². The van der Waals surface area contributed by atoms with Crippen LogP contribution in [-0.2, 0) is 0 Å². The molecule has 92 valence electrons. The smallest absolute Gasteiger partial charge is 0.0273 e.